The summed E-state index contributed by atoms with van der Waals surface area (Å²) >= 11 is 7.80. The highest BCUT2D eigenvalue weighted by molar-refractivity contribution is 7.76. The molecule has 0 fully saturated rings. The molecular weight excluding hydrogens is 232 g/mol. The van der Waals surface area contributed by atoms with E-state index in [1.54, 1.807) is 0 Å². The van der Waals surface area contributed by atoms with Crippen LogP contribution in [0.2, 0.25) is 0 Å². The Kier molecular flexibility index (Phi) is 2.86. The molecule has 4 heteroatoms. The van der Waals surface area contributed by atoms with E-state index in [-0.39, 0.29) is 5.78 Å². The van der Waals surface area contributed by atoms with E-state index in [0.29, 0.717) is 0 Å². The molecule has 2 rings (SSSR count). The van der Waals surface area contributed by atoms with Crippen molar-refractivity contribution in [2.75, 3.05) is 0 Å². The highest BCUT2D eigenvalue weighted by Gasteiger charge is 2.09. The standard InChI is InChI=1S/C10H6OS3/c11-9(7-4-2-1-3-5-7)8-6-13-10(12)14-8/h1-6H. The van der Waals surface area contributed by atoms with Gasteiger partial charge in [0, 0.05) is 10.9 Å². The van der Waals surface area contributed by atoms with E-state index in [4.69, 9.17) is 12.2 Å². The van der Waals surface area contributed by atoms with Crippen LogP contribution in [-0.2, 0) is 0 Å². The van der Waals surface area contributed by atoms with E-state index < -0.39 is 0 Å². The molecule has 0 aliphatic heterocycles. The predicted octanol–water partition coefficient (Wildman–Crippen LogP) is 3.77. The number of ketones is 1. The van der Waals surface area contributed by atoms with Crippen LogP contribution in [0.25, 0.3) is 0 Å². The number of benzene rings is 1. The fraction of sp³-hybridized carbons (Fsp3) is 0. The third kappa shape index (κ3) is 1.97. The van der Waals surface area contributed by atoms with E-state index in [1.807, 2.05) is 35.7 Å². The monoisotopic (exact) mass is 238 g/mol. The van der Waals surface area contributed by atoms with Gasteiger partial charge < -0.3 is 0 Å². The van der Waals surface area contributed by atoms with Gasteiger partial charge >= 0.3 is 0 Å². The normalized spacial score (nSPS) is 10.0. The zero-order valence-corrected chi connectivity index (χ0v) is 9.55. The number of rotatable bonds is 2. The lowest BCUT2D eigenvalue weighted by Crippen LogP contribution is -1.96. The van der Waals surface area contributed by atoms with E-state index in [1.165, 1.54) is 22.7 Å². The average molecular weight is 238 g/mol. The largest absolute Gasteiger partial charge is 0.288 e. The van der Waals surface area contributed by atoms with Gasteiger partial charge in [-0.2, -0.15) is 0 Å². The van der Waals surface area contributed by atoms with Crippen LogP contribution in [0, 0.1) is 3.14 Å². The Balaban J connectivity index is 2.38. The molecule has 2 aromatic rings. The van der Waals surface area contributed by atoms with E-state index >= 15 is 0 Å². The minimum Gasteiger partial charge on any atom is -0.288 e. The maximum atomic E-state index is 11.8. The Bertz CT molecular complexity index is 495. The van der Waals surface area contributed by atoms with Gasteiger partial charge in [0.15, 0.2) is 0 Å². The molecular formula is C10H6OS3. The van der Waals surface area contributed by atoms with Crippen molar-refractivity contribution in [2.24, 2.45) is 0 Å². The Hall–Kier alpha value is -0.840. The molecule has 14 heavy (non-hydrogen) atoms. The molecule has 0 saturated heterocycles. The SMILES string of the molecule is O=C(c1ccccc1)c1csc(=S)s1. The van der Waals surface area contributed by atoms with Crippen LogP contribution in [0.4, 0.5) is 0 Å². The first-order valence-corrected chi connectivity index (χ1v) is 6.06. The Morgan fingerprint density at radius 3 is 2.50 bits per heavy atom. The summed E-state index contributed by atoms with van der Waals surface area (Å²) in [5.41, 5.74) is 0.719. The Morgan fingerprint density at radius 2 is 1.93 bits per heavy atom. The molecule has 0 atom stereocenters. The molecule has 0 amide bonds. The molecule has 1 nitrogen and oxygen atoms in total. The third-order valence-electron chi connectivity index (χ3n) is 1.72. The molecule has 1 aromatic carbocycles. The second kappa shape index (κ2) is 4.13. The van der Waals surface area contributed by atoms with Gasteiger partial charge in [0.25, 0.3) is 0 Å². The summed E-state index contributed by atoms with van der Waals surface area (Å²) in [4.78, 5) is 12.6. The minimum atomic E-state index is 0.0583. The zero-order chi connectivity index (χ0) is 9.97. The van der Waals surface area contributed by atoms with Crippen molar-refractivity contribution in [2.45, 2.75) is 0 Å². The average Bonchev–Trinajstić information content (AvgIpc) is 2.65. The maximum Gasteiger partial charge on any atom is 0.203 e. The molecule has 0 aliphatic carbocycles. The van der Waals surface area contributed by atoms with Crippen LogP contribution in [0.5, 0.6) is 0 Å². The fourth-order valence-corrected chi connectivity index (χ4v) is 3.13. The number of hydrogen-bond donors (Lipinski definition) is 0. The van der Waals surface area contributed by atoms with Gasteiger partial charge in [-0.05, 0) is 0 Å². The summed E-state index contributed by atoms with van der Waals surface area (Å²) in [6, 6.07) is 9.25. The van der Waals surface area contributed by atoms with Crippen LogP contribution in [0.3, 0.4) is 0 Å². The third-order valence-corrected chi connectivity index (χ3v) is 4.18. The first-order valence-electron chi connectivity index (χ1n) is 3.96. The Labute approximate surface area is 94.7 Å². The van der Waals surface area contributed by atoms with Gasteiger partial charge in [-0.25, -0.2) is 0 Å². The molecule has 0 radical (unpaired) electrons. The van der Waals surface area contributed by atoms with Crippen molar-refractivity contribution in [3.05, 3.63) is 49.3 Å². The maximum absolute atomic E-state index is 11.8. The van der Waals surface area contributed by atoms with E-state index in [2.05, 4.69) is 0 Å². The highest BCUT2D eigenvalue weighted by atomic mass is 32.2. The van der Waals surface area contributed by atoms with Gasteiger partial charge in [-0.1, -0.05) is 42.5 Å². The molecule has 70 valence electrons. The van der Waals surface area contributed by atoms with Gasteiger partial charge in [0.1, 0.15) is 3.14 Å². The molecule has 0 saturated carbocycles. The second-order valence-corrected chi connectivity index (χ2v) is 5.76. The molecule has 1 heterocycles. The predicted molar refractivity (Wildman–Crippen MR) is 62.9 cm³/mol. The molecule has 0 N–H and O–H groups in total. The van der Waals surface area contributed by atoms with Crippen molar-refractivity contribution in [3.63, 3.8) is 0 Å². The van der Waals surface area contributed by atoms with Gasteiger partial charge in [0.2, 0.25) is 5.78 Å². The molecule has 0 bridgehead atoms. The highest BCUT2D eigenvalue weighted by Crippen LogP contribution is 2.20. The summed E-state index contributed by atoms with van der Waals surface area (Å²) in [5, 5.41) is 1.82. The van der Waals surface area contributed by atoms with Crippen molar-refractivity contribution in [3.8, 4) is 0 Å². The lowest BCUT2D eigenvalue weighted by atomic mass is 10.1. The number of hydrogen-bond acceptors (Lipinski definition) is 4. The van der Waals surface area contributed by atoms with Crippen molar-refractivity contribution in [1.82, 2.24) is 0 Å². The van der Waals surface area contributed by atoms with E-state index in [9.17, 15) is 4.79 Å². The summed E-state index contributed by atoms with van der Waals surface area (Å²) in [6.45, 7) is 0. The summed E-state index contributed by atoms with van der Waals surface area (Å²) in [6.07, 6.45) is 0. The topological polar surface area (TPSA) is 17.1 Å². The van der Waals surface area contributed by atoms with E-state index in [0.717, 1.165) is 13.6 Å². The lowest BCUT2D eigenvalue weighted by molar-refractivity contribution is 0.104. The number of carbonyl (C=O) groups excluding carboxylic acids is 1. The summed E-state index contributed by atoms with van der Waals surface area (Å²) in [7, 11) is 0. The Morgan fingerprint density at radius 1 is 1.21 bits per heavy atom. The summed E-state index contributed by atoms with van der Waals surface area (Å²) in [5.74, 6) is 0.0583. The van der Waals surface area contributed by atoms with Gasteiger partial charge in [-0.3, -0.25) is 4.79 Å². The van der Waals surface area contributed by atoms with Crippen LogP contribution < -0.4 is 0 Å². The molecule has 1 aromatic heterocycles. The molecule has 0 spiro atoms. The minimum absolute atomic E-state index is 0.0583. The van der Waals surface area contributed by atoms with Crippen LogP contribution in [-0.4, -0.2) is 5.78 Å². The smallest absolute Gasteiger partial charge is 0.203 e. The van der Waals surface area contributed by atoms with Crippen LogP contribution >= 0.6 is 34.9 Å². The molecule has 0 aliphatic rings. The quantitative estimate of drug-likeness (QED) is 0.585. The van der Waals surface area contributed by atoms with Crippen molar-refractivity contribution in [1.29, 1.82) is 0 Å². The zero-order valence-electron chi connectivity index (χ0n) is 7.10. The first kappa shape index (κ1) is 9.71. The fourth-order valence-electron chi connectivity index (χ4n) is 1.07. The van der Waals surface area contributed by atoms with Crippen molar-refractivity contribution < 1.29 is 4.79 Å². The van der Waals surface area contributed by atoms with Crippen LogP contribution in [0.1, 0.15) is 15.2 Å². The van der Waals surface area contributed by atoms with Crippen LogP contribution in [0.15, 0.2) is 35.7 Å². The number of carbonyl (C=O) groups is 1. The van der Waals surface area contributed by atoms with Crippen molar-refractivity contribution >= 4 is 40.7 Å². The lowest BCUT2D eigenvalue weighted by Gasteiger charge is -1.95. The second-order valence-electron chi connectivity index (χ2n) is 2.65. The summed E-state index contributed by atoms with van der Waals surface area (Å²) < 4.78 is 0.796. The molecule has 0 unspecified atom stereocenters. The first-order chi connectivity index (χ1) is 6.77. The van der Waals surface area contributed by atoms with Gasteiger partial charge in [0.05, 0.1) is 4.88 Å². The van der Waals surface area contributed by atoms with Gasteiger partial charge in [-0.15, -0.1) is 22.7 Å².